The highest BCUT2D eigenvalue weighted by Crippen LogP contribution is 2.39. The summed E-state index contributed by atoms with van der Waals surface area (Å²) in [6.45, 7) is 6.96. The zero-order chi connectivity index (χ0) is 32.6. The molecule has 1 saturated heterocycles. The molecule has 8 nitrogen and oxygen atoms in total. The number of likely N-dealkylation sites (N-methyl/N-ethyl adjacent to an activating group) is 1. The van der Waals surface area contributed by atoms with Gasteiger partial charge in [0.15, 0.2) is 0 Å². The van der Waals surface area contributed by atoms with E-state index in [2.05, 4.69) is 104 Å². The Morgan fingerprint density at radius 3 is 1.96 bits per heavy atom. The van der Waals surface area contributed by atoms with Crippen LogP contribution in [-0.2, 0) is 4.79 Å². The van der Waals surface area contributed by atoms with Gasteiger partial charge in [-0.15, -0.1) is 0 Å². The summed E-state index contributed by atoms with van der Waals surface area (Å²) < 4.78 is 0. The maximum Gasteiger partial charge on any atom is 0.245 e. The van der Waals surface area contributed by atoms with Gasteiger partial charge in [-0.2, -0.15) is 0 Å². The zero-order valence-corrected chi connectivity index (χ0v) is 28.0. The van der Waals surface area contributed by atoms with Gasteiger partial charge in [0.1, 0.15) is 11.9 Å². The molecule has 2 atom stereocenters. The van der Waals surface area contributed by atoms with E-state index in [4.69, 9.17) is 4.98 Å². The molecule has 48 heavy (non-hydrogen) atoms. The van der Waals surface area contributed by atoms with Crippen LogP contribution in [0, 0.1) is 0 Å². The maximum absolute atomic E-state index is 14.3. The van der Waals surface area contributed by atoms with Crippen molar-refractivity contribution in [2.75, 3.05) is 24.5 Å². The number of H-pyrrole nitrogens is 2. The number of nitrogens with one attached hydrogen (secondary N) is 2. The Bertz CT molecular complexity index is 1840. The Hall–Kier alpha value is -4.69. The van der Waals surface area contributed by atoms with E-state index in [1.807, 2.05) is 30.6 Å². The molecule has 2 aromatic heterocycles. The molecule has 1 amide bonds. The van der Waals surface area contributed by atoms with Crippen LogP contribution in [0.25, 0.3) is 33.6 Å². The van der Waals surface area contributed by atoms with Gasteiger partial charge < -0.3 is 19.8 Å². The van der Waals surface area contributed by atoms with Crippen LogP contribution in [0.5, 0.6) is 0 Å². The molecule has 8 rings (SSSR count). The van der Waals surface area contributed by atoms with Crippen molar-refractivity contribution in [2.24, 2.45) is 0 Å². The van der Waals surface area contributed by atoms with Crippen LogP contribution in [0.3, 0.4) is 0 Å². The Labute approximate surface area is 283 Å². The predicted molar refractivity (Wildman–Crippen MR) is 191 cm³/mol. The van der Waals surface area contributed by atoms with Gasteiger partial charge in [-0.1, -0.05) is 85.8 Å². The average molecular weight is 640 g/mol. The number of hydrogen-bond donors (Lipinski definition) is 2. The molecule has 246 valence electrons. The summed E-state index contributed by atoms with van der Waals surface area (Å²) in [5.41, 5.74) is 7.65. The molecule has 1 unspecified atom stereocenters. The van der Waals surface area contributed by atoms with Crippen molar-refractivity contribution in [2.45, 2.75) is 76.5 Å². The van der Waals surface area contributed by atoms with E-state index < -0.39 is 0 Å². The fraction of sp³-hybridized carbons (Fsp3) is 0.375. The molecule has 3 fully saturated rings. The molecule has 5 aromatic rings. The summed E-state index contributed by atoms with van der Waals surface area (Å²) in [6.07, 6.45) is 10.6. The molecule has 8 heteroatoms. The first kappa shape index (κ1) is 30.6. The minimum atomic E-state index is -0.254. The van der Waals surface area contributed by atoms with Crippen LogP contribution in [0.15, 0.2) is 91.3 Å². The van der Waals surface area contributed by atoms with Crippen LogP contribution < -0.4 is 4.90 Å². The number of aromatic nitrogens is 4. The van der Waals surface area contributed by atoms with E-state index in [1.54, 1.807) is 0 Å². The molecule has 3 aliphatic rings. The third kappa shape index (κ3) is 6.05. The number of hydrogen-bond acceptors (Lipinski definition) is 5. The van der Waals surface area contributed by atoms with Crippen molar-refractivity contribution in [1.29, 1.82) is 0 Å². The fourth-order valence-electron chi connectivity index (χ4n) is 7.55. The largest absolute Gasteiger partial charge is 0.340 e. The summed E-state index contributed by atoms with van der Waals surface area (Å²) in [7, 11) is 0. The van der Waals surface area contributed by atoms with Crippen LogP contribution in [-0.4, -0.2) is 67.4 Å². The third-order valence-corrected chi connectivity index (χ3v) is 10.4. The Morgan fingerprint density at radius 2 is 1.35 bits per heavy atom. The number of amides is 1. The highest BCUT2D eigenvalue weighted by molar-refractivity contribution is 5.84. The average Bonchev–Trinajstić information content (AvgIpc) is 3.98. The molecule has 2 N–H and O–H groups in total. The van der Waals surface area contributed by atoms with Crippen molar-refractivity contribution >= 4 is 11.9 Å². The van der Waals surface area contributed by atoms with Gasteiger partial charge in [-0.05, 0) is 79.8 Å². The number of aromatic amines is 2. The number of carbonyl (C=O) groups is 1. The summed E-state index contributed by atoms with van der Waals surface area (Å²) >= 11 is 0. The van der Waals surface area contributed by atoms with E-state index in [0.717, 1.165) is 77.9 Å². The summed E-state index contributed by atoms with van der Waals surface area (Å²) in [5.74, 6) is 2.04. The van der Waals surface area contributed by atoms with Gasteiger partial charge >= 0.3 is 0 Å². The van der Waals surface area contributed by atoms with Gasteiger partial charge in [-0.3, -0.25) is 9.69 Å². The molecule has 2 aliphatic carbocycles. The number of carbonyl (C=O) groups excluding carboxylic acids is 1. The lowest BCUT2D eigenvalue weighted by molar-refractivity contribution is -0.138. The van der Waals surface area contributed by atoms with Crippen molar-refractivity contribution in [3.63, 3.8) is 0 Å². The van der Waals surface area contributed by atoms with Gasteiger partial charge in [0, 0.05) is 25.2 Å². The van der Waals surface area contributed by atoms with E-state index in [0.29, 0.717) is 12.1 Å². The van der Waals surface area contributed by atoms with E-state index in [-0.39, 0.29) is 18.0 Å². The second kappa shape index (κ2) is 13.1. The molecule has 0 bridgehead atoms. The molecular formula is C40H45N7O. The number of benzene rings is 3. The molecule has 3 heterocycles. The molecule has 1 aliphatic heterocycles. The summed E-state index contributed by atoms with van der Waals surface area (Å²) in [4.78, 5) is 37.8. The van der Waals surface area contributed by atoms with E-state index in [9.17, 15) is 4.79 Å². The van der Waals surface area contributed by atoms with E-state index >= 15 is 0 Å². The number of likely N-dealkylation sites (tertiary alicyclic amines) is 1. The predicted octanol–water partition coefficient (Wildman–Crippen LogP) is 8.01. The number of nitrogens with zero attached hydrogens (tertiary/aromatic N) is 5. The molecule has 0 radical (unpaired) electrons. The van der Waals surface area contributed by atoms with Gasteiger partial charge in [-0.25, -0.2) is 9.97 Å². The van der Waals surface area contributed by atoms with Crippen molar-refractivity contribution < 1.29 is 4.79 Å². The first-order valence-corrected chi connectivity index (χ1v) is 17.8. The highest BCUT2D eigenvalue weighted by Gasteiger charge is 2.42. The first-order valence-electron chi connectivity index (χ1n) is 17.8. The first-order chi connectivity index (χ1) is 23.6. The van der Waals surface area contributed by atoms with Gasteiger partial charge in [0.2, 0.25) is 11.9 Å². The fourth-order valence-corrected chi connectivity index (χ4v) is 7.55. The Balaban J connectivity index is 0.964. The SMILES string of the molecule is CCN(c1ncc(-c2ccc(-c3ccc(-c4cnc(C5CCCN5C(=O)[C@@H](c5ccccc5)N(CC)C5CC5)[nH]4)cc3)cc2)[nH]1)C1CC1. The Kier molecular flexibility index (Phi) is 8.34. The van der Waals surface area contributed by atoms with E-state index in [1.165, 1.54) is 31.2 Å². The molecule has 3 aromatic carbocycles. The molecule has 2 saturated carbocycles. The monoisotopic (exact) mass is 639 g/mol. The van der Waals surface area contributed by atoms with Crippen LogP contribution in [0.4, 0.5) is 5.95 Å². The van der Waals surface area contributed by atoms with Gasteiger partial charge in [0.05, 0.1) is 29.8 Å². The minimum Gasteiger partial charge on any atom is -0.340 e. The van der Waals surface area contributed by atoms with Gasteiger partial charge in [0.25, 0.3) is 0 Å². The van der Waals surface area contributed by atoms with Crippen LogP contribution >= 0.6 is 0 Å². The number of anilines is 1. The van der Waals surface area contributed by atoms with Crippen molar-refractivity contribution in [3.05, 3.63) is 103 Å². The maximum atomic E-state index is 14.3. The zero-order valence-electron chi connectivity index (χ0n) is 28.0. The Morgan fingerprint density at radius 1 is 0.750 bits per heavy atom. The number of imidazole rings is 2. The standard InChI is InChI=1S/C40H45N7O/c1-3-45(32-20-21-32)37(31-9-6-5-7-10-31)39(48)47-24-8-11-36(47)38-41-25-34(43-38)29-16-12-27(13-17-29)28-14-18-30(19-15-28)35-26-42-40(44-35)46(4-2)33-22-23-33/h5-7,9-10,12-19,25-26,32-33,36-37H,3-4,8,11,20-24H2,1-2H3,(H,41,43)(H,42,44)/t36?,37-/m1/s1. The number of rotatable bonds is 12. The normalized spacial score (nSPS) is 18.4. The second-order valence-corrected chi connectivity index (χ2v) is 13.5. The molecule has 0 spiro atoms. The lowest BCUT2D eigenvalue weighted by Crippen LogP contribution is -2.44. The van der Waals surface area contributed by atoms with Crippen LogP contribution in [0.2, 0.25) is 0 Å². The quantitative estimate of drug-likeness (QED) is 0.145. The second-order valence-electron chi connectivity index (χ2n) is 13.5. The molecular weight excluding hydrogens is 594 g/mol. The lowest BCUT2D eigenvalue weighted by Gasteiger charge is -2.35. The topological polar surface area (TPSA) is 84.2 Å². The summed E-state index contributed by atoms with van der Waals surface area (Å²) in [6, 6.07) is 28.5. The summed E-state index contributed by atoms with van der Waals surface area (Å²) in [5, 5.41) is 0. The lowest BCUT2D eigenvalue weighted by atomic mass is 10.0. The van der Waals surface area contributed by atoms with Crippen LogP contribution in [0.1, 0.15) is 75.8 Å². The smallest absolute Gasteiger partial charge is 0.245 e. The highest BCUT2D eigenvalue weighted by atomic mass is 16.2. The van der Waals surface area contributed by atoms with Crippen molar-refractivity contribution in [1.82, 2.24) is 29.7 Å². The third-order valence-electron chi connectivity index (χ3n) is 10.4. The van der Waals surface area contributed by atoms with Crippen molar-refractivity contribution in [3.8, 4) is 33.6 Å². The minimum absolute atomic E-state index is 0.0436.